The van der Waals surface area contributed by atoms with Crippen LogP contribution in [0, 0.1) is 0 Å². The number of amides is 2. The van der Waals surface area contributed by atoms with Crippen LogP contribution in [0.25, 0.3) is 0 Å². The highest BCUT2D eigenvalue weighted by Gasteiger charge is 2.18. The highest BCUT2D eigenvalue weighted by molar-refractivity contribution is 5.97. The molecular weight excluding hydrogens is 360 g/mol. The standard InChI is InChI=1S/C21H24N2O5/c1-4-15-5-9-17(10-6-15)23-20(25)14(2)28-19(24)13-22-21(26)16-7-11-18(27-3)12-8-16/h5-12,14H,4,13H2,1-3H3,(H,22,26)(H,23,25)/t14-/m0/s1. The van der Waals surface area contributed by atoms with Crippen LogP contribution in [0.2, 0.25) is 0 Å². The Morgan fingerprint density at radius 2 is 1.64 bits per heavy atom. The molecule has 2 aromatic rings. The summed E-state index contributed by atoms with van der Waals surface area (Å²) in [6, 6.07) is 13.9. The number of anilines is 1. The monoisotopic (exact) mass is 384 g/mol. The summed E-state index contributed by atoms with van der Waals surface area (Å²) in [5.74, 6) is -0.947. The van der Waals surface area contributed by atoms with Gasteiger partial charge in [-0.1, -0.05) is 19.1 Å². The van der Waals surface area contributed by atoms with Crippen LogP contribution >= 0.6 is 0 Å². The number of nitrogens with one attached hydrogen (secondary N) is 2. The van der Waals surface area contributed by atoms with Crippen LogP contribution in [0.5, 0.6) is 5.75 Å². The van der Waals surface area contributed by atoms with Gasteiger partial charge >= 0.3 is 5.97 Å². The second-order valence-corrected chi connectivity index (χ2v) is 6.08. The molecule has 0 aliphatic heterocycles. The minimum Gasteiger partial charge on any atom is -0.497 e. The summed E-state index contributed by atoms with van der Waals surface area (Å²) in [5, 5.41) is 5.14. The number of aryl methyl sites for hydroxylation is 1. The first-order chi connectivity index (χ1) is 13.4. The van der Waals surface area contributed by atoms with Gasteiger partial charge in [0.2, 0.25) is 0 Å². The predicted octanol–water partition coefficient (Wildman–Crippen LogP) is 2.56. The summed E-state index contributed by atoms with van der Waals surface area (Å²) < 4.78 is 10.1. The first-order valence-electron chi connectivity index (χ1n) is 8.94. The quantitative estimate of drug-likeness (QED) is 0.682. The lowest BCUT2D eigenvalue weighted by atomic mass is 10.1. The van der Waals surface area contributed by atoms with Crippen molar-refractivity contribution in [3.05, 3.63) is 59.7 Å². The third-order valence-electron chi connectivity index (χ3n) is 4.05. The highest BCUT2D eigenvalue weighted by atomic mass is 16.5. The molecule has 0 spiro atoms. The van der Waals surface area contributed by atoms with E-state index in [0.29, 0.717) is 17.0 Å². The van der Waals surface area contributed by atoms with Gasteiger partial charge in [0.15, 0.2) is 6.10 Å². The lowest BCUT2D eigenvalue weighted by Gasteiger charge is -2.14. The Kier molecular flexibility index (Phi) is 7.56. The Morgan fingerprint density at radius 3 is 2.21 bits per heavy atom. The van der Waals surface area contributed by atoms with E-state index in [1.165, 1.54) is 14.0 Å². The summed E-state index contributed by atoms with van der Waals surface area (Å²) >= 11 is 0. The lowest BCUT2D eigenvalue weighted by molar-refractivity contribution is -0.152. The maximum absolute atomic E-state index is 12.1. The number of benzene rings is 2. The van der Waals surface area contributed by atoms with Crippen LogP contribution in [0.1, 0.15) is 29.8 Å². The molecule has 2 N–H and O–H groups in total. The first-order valence-corrected chi connectivity index (χ1v) is 8.94. The fourth-order valence-electron chi connectivity index (χ4n) is 2.36. The largest absolute Gasteiger partial charge is 0.497 e. The van der Waals surface area contributed by atoms with Gasteiger partial charge in [-0.15, -0.1) is 0 Å². The smallest absolute Gasteiger partial charge is 0.326 e. The third kappa shape index (κ3) is 6.12. The molecule has 2 rings (SSSR count). The molecule has 0 aromatic heterocycles. The minimum absolute atomic E-state index is 0.340. The Bertz CT molecular complexity index is 816. The van der Waals surface area contributed by atoms with E-state index in [2.05, 4.69) is 10.6 Å². The van der Waals surface area contributed by atoms with Crippen molar-refractivity contribution < 1.29 is 23.9 Å². The van der Waals surface area contributed by atoms with Crippen LogP contribution in [0.3, 0.4) is 0 Å². The maximum atomic E-state index is 12.1. The van der Waals surface area contributed by atoms with Gasteiger partial charge < -0.3 is 20.1 Å². The molecular formula is C21H24N2O5. The predicted molar refractivity (Wildman–Crippen MR) is 105 cm³/mol. The van der Waals surface area contributed by atoms with Gasteiger partial charge in [-0.3, -0.25) is 14.4 Å². The number of hydrogen-bond acceptors (Lipinski definition) is 5. The average Bonchev–Trinajstić information content (AvgIpc) is 2.72. The van der Waals surface area contributed by atoms with Gasteiger partial charge in [0, 0.05) is 11.3 Å². The molecule has 2 amide bonds. The molecule has 7 nitrogen and oxygen atoms in total. The Balaban J connectivity index is 1.78. The molecule has 148 valence electrons. The molecule has 2 aromatic carbocycles. The van der Waals surface area contributed by atoms with Crippen molar-refractivity contribution in [3.63, 3.8) is 0 Å². The van der Waals surface area contributed by atoms with Crippen LogP contribution in [-0.2, 0) is 20.7 Å². The molecule has 0 heterocycles. The van der Waals surface area contributed by atoms with Crippen LogP contribution in [0.4, 0.5) is 5.69 Å². The fraction of sp³-hybridized carbons (Fsp3) is 0.286. The van der Waals surface area contributed by atoms with Crippen molar-refractivity contribution in [3.8, 4) is 5.75 Å². The van der Waals surface area contributed by atoms with Crippen LogP contribution in [0.15, 0.2) is 48.5 Å². The third-order valence-corrected chi connectivity index (χ3v) is 4.05. The fourth-order valence-corrected chi connectivity index (χ4v) is 2.36. The number of esters is 1. The molecule has 7 heteroatoms. The summed E-state index contributed by atoms with van der Waals surface area (Å²) in [4.78, 5) is 36.1. The molecule has 0 unspecified atom stereocenters. The number of rotatable bonds is 8. The molecule has 0 bridgehead atoms. The highest BCUT2D eigenvalue weighted by Crippen LogP contribution is 2.12. The summed E-state index contributed by atoms with van der Waals surface area (Å²) in [6.07, 6.45) is -0.0824. The van der Waals surface area contributed by atoms with Crippen molar-refractivity contribution in [2.45, 2.75) is 26.4 Å². The second-order valence-electron chi connectivity index (χ2n) is 6.08. The molecule has 0 saturated carbocycles. The second kappa shape index (κ2) is 10.1. The first kappa shape index (κ1) is 21.0. The van der Waals surface area contributed by atoms with Gasteiger partial charge in [-0.05, 0) is 55.3 Å². The topological polar surface area (TPSA) is 93.7 Å². The van der Waals surface area contributed by atoms with E-state index in [4.69, 9.17) is 9.47 Å². The molecule has 0 aliphatic carbocycles. The molecule has 0 fully saturated rings. The minimum atomic E-state index is -0.990. The summed E-state index contributed by atoms with van der Waals surface area (Å²) in [6.45, 7) is 3.18. The van der Waals surface area contributed by atoms with E-state index in [1.807, 2.05) is 19.1 Å². The van der Waals surface area contributed by atoms with Gasteiger partial charge in [-0.25, -0.2) is 0 Å². The number of ether oxygens (including phenoxy) is 2. The molecule has 0 saturated heterocycles. The van der Waals surface area contributed by atoms with Gasteiger partial charge in [0.05, 0.1) is 7.11 Å². The Morgan fingerprint density at radius 1 is 1.00 bits per heavy atom. The number of carbonyl (C=O) groups excluding carboxylic acids is 3. The zero-order valence-electron chi connectivity index (χ0n) is 16.2. The van der Waals surface area contributed by atoms with Crippen LogP contribution in [-0.4, -0.2) is 37.5 Å². The molecule has 0 aliphatic rings. The van der Waals surface area contributed by atoms with E-state index in [0.717, 1.165) is 12.0 Å². The Hall–Kier alpha value is -3.35. The normalized spacial score (nSPS) is 11.2. The molecule has 28 heavy (non-hydrogen) atoms. The van der Waals surface area contributed by atoms with Gasteiger partial charge in [-0.2, -0.15) is 0 Å². The van der Waals surface area contributed by atoms with E-state index in [1.54, 1.807) is 36.4 Å². The van der Waals surface area contributed by atoms with E-state index in [9.17, 15) is 14.4 Å². The van der Waals surface area contributed by atoms with E-state index < -0.39 is 23.9 Å². The molecule has 1 atom stereocenters. The lowest BCUT2D eigenvalue weighted by Crippen LogP contribution is -2.35. The summed E-state index contributed by atoms with van der Waals surface area (Å²) in [7, 11) is 1.53. The zero-order chi connectivity index (χ0) is 20.5. The van der Waals surface area contributed by atoms with Crippen molar-refractivity contribution in [1.82, 2.24) is 5.32 Å². The zero-order valence-corrected chi connectivity index (χ0v) is 16.2. The Labute approximate surface area is 164 Å². The van der Waals surface area contributed by atoms with Gasteiger partial charge in [0.1, 0.15) is 12.3 Å². The van der Waals surface area contributed by atoms with Crippen molar-refractivity contribution >= 4 is 23.5 Å². The van der Waals surface area contributed by atoms with E-state index in [-0.39, 0.29) is 6.54 Å². The van der Waals surface area contributed by atoms with E-state index >= 15 is 0 Å². The molecule has 0 radical (unpaired) electrons. The van der Waals surface area contributed by atoms with Gasteiger partial charge in [0.25, 0.3) is 11.8 Å². The number of carbonyl (C=O) groups is 3. The van der Waals surface area contributed by atoms with Crippen molar-refractivity contribution in [2.24, 2.45) is 0 Å². The maximum Gasteiger partial charge on any atom is 0.326 e. The number of methoxy groups -OCH3 is 1. The van der Waals surface area contributed by atoms with Crippen molar-refractivity contribution in [2.75, 3.05) is 19.0 Å². The van der Waals surface area contributed by atoms with Crippen LogP contribution < -0.4 is 15.4 Å². The number of hydrogen-bond donors (Lipinski definition) is 2. The average molecular weight is 384 g/mol. The van der Waals surface area contributed by atoms with Crippen molar-refractivity contribution in [1.29, 1.82) is 0 Å². The summed E-state index contributed by atoms with van der Waals surface area (Å²) in [5.41, 5.74) is 2.16. The SMILES string of the molecule is CCc1ccc(NC(=O)[C@H](C)OC(=O)CNC(=O)c2ccc(OC)cc2)cc1.